The molecule has 2 heterocycles. The van der Waals surface area contributed by atoms with E-state index < -0.39 is 6.10 Å². The Bertz CT molecular complexity index is 1210. The molecule has 2 N–H and O–H groups in total. The molecule has 4 rings (SSSR count). The van der Waals surface area contributed by atoms with Gasteiger partial charge in [-0.3, -0.25) is 0 Å². The fraction of sp³-hybridized carbons (Fsp3) is 0.200. The summed E-state index contributed by atoms with van der Waals surface area (Å²) in [7, 11) is 0. The molecule has 0 fully saturated rings. The zero-order valence-electron chi connectivity index (χ0n) is 17.6. The van der Waals surface area contributed by atoms with Gasteiger partial charge in [-0.05, 0) is 55.5 Å². The molecule has 2 aromatic heterocycles. The molecule has 0 bridgehead atoms. The molecule has 7 nitrogen and oxygen atoms in total. The SMILES string of the molecule is CC(O)c1nccn1Cc1cc(-c2ccc(C#Cc3ccc(OCCO)cc3)cc2)on1. The van der Waals surface area contributed by atoms with Crippen molar-refractivity contribution >= 4 is 0 Å². The molecule has 1 atom stereocenters. The van der Waals surface area contributed by atoms with Crippen molar-refractivity contribution in [2.45, 2.75) is 19.6 Å². The number of nitrogens with zero attached hydrogens (tertiary/aromatic N) is 3. The van der Waals surface area contributed by atoms with E-state index >= 15 is 0 Å². The summed E-state index contributed by atoms with van der Waals surface area (Å²) in [6, 6.07) is 17.1. The summed E-state index contributed by atoms with van der Waals surface area (Å²) in [4.78, 5) is 4.17. The molecule has 32 heavy (non-hydrogen) atoms. The van der Waals surface area contributed by atoms with Gasteiger partial charge in [-0.25, -0.2) is 4.98 Å². The van der Waals surface area contributed by atoms with Crippen LogP contribution in [0.25, 0.3) is 11.3 Å². The van der Waals surface area contributed by atoms with Crippen molar-refractivity contribution in [1.29, 1.82) is 0 Å². The standard InChI is InChI=1S/C25H23N3O4/c1-18(30)25-26-12-13-28(25)17-22-16-24(32-27-22)21-8-4-19(5-9-21)2-3-20-6-10-23(11-7-20)31-15-14-29/h4-13,16,18,29-30H,14-15,17H2,1H3. The van der Waals surface area contributed by atoms with Crippen molar-refractivity contribution in [3.63, 3.8) is 0 Å². The van der Waals surface area contributed by atoms with E-state index in [0.29, 0.717) is 23.9 Å². The molecule has 0 radical (unpaired) electrons. The maximum atomic E-state index is 9.79. The van der Waals surface area contributed by atoms with Gasteiger partial charge in [0.25, 0.3) is 0 Å². The van der Waals surface area contributed by atoms with Gasteiger partial charge in [0.15, 0.2) is 5.76 Å². The number of rotatable bonds is 7. The van der Waals surface area contributed by atoms with Crippen LogP contribution in [0, 0.1) is 11.8 Å². The number of hydrogen-bond donors (Lipinski definition) is 2. The molecule has 0 spiro atoms. The van der Waals surface area contributed by atoms with E-state index in [2.05, 4.69) is 22.0 Å². The highest BCUT2D eigenvalue weighted by molar-refractivity contribution is 5.59. The second kappa shape index (κ2) is 9.96. The Morgan fingerprint density at radius 1 is 1.06 bits per heavy atom. The summed E-state index contributed by atoms with van der Waals surface area (Å²) >= 11 is 0. The molecule has 0 aliphatic carbocycles. The van der Waals surface area contributed by atoms with Crippen LogP contribution in [0.4, 0.5) is 0 Å². The van der Waals surface area contributed by atoms with Crippen LogP contribution in [0.15, 0.2) is 71.5 Å². The van der Waals surface area contributed by atoms with Gasteiger partial charge in [0.05, 0.1) is 13.2 Å². The maximum Gasteiger partial charge on any atom is 0.167 e. The van der Waals surface area contributed by atoms with E-state index in [0.717, 1.165) is 22.4 Å². The Balaban J connectivity index is 1.41. The molecule has 2 aromatic carbocycles. The third-order valence-corrected chi connectivity index (χ3v) is 4.75. The number of aliphatic hydroxyl groups is 2. The summed E-state index contributed by atoms with van der Waals surface area (Å²) in [6.45, 7) is 2.41. The minimum atomic E-state index is -0.650. The van der Waals surface area contributed by atoms with E-state index in [1.165, 1.54) is 0 Å². The van der Waals surface area contributed by atoms with Gasteiger partial charge in [0, 0.05) is 35.2 Å². The van der Waals surface area contributed by atoms with Crippen LogP contribution in [-0.2, 0) is 6.54 Å². The first-order chi connectivity index (χ1) is 15.6. The first-order valence-electron chi connectivity index (χ1n) is 10.2. The summed E-state index contributed by atoms with van der Waals surface area (Å²) in [5.74, 6) is 8.23. The van der Waals surface area contributed by atoms with Crippen molar-refractivity contribution in [3.8, 4) is 28.9 Å². The van der Waals surface area contributed by atoms with Gasteiger partial charge >= 0.3 is 0 Å². The van der Waals surface area contributed by atoms with Gasteiger partial charge in [0.1, 0.15) is 30.0 Å². The summed E-state index contributed by atoms with van der Waals surface area (Å²) in [5.41, 5.74) is 3.41. The number of aliphatic hydroxyl groups excluding tert-OH is 2. The number of aromatic nitrogens is 3. The molecular weight excluding hydrogens is 406 g/mol. The van der Waals surface area contributed by atoms with E-state index in [9.17, 15) is 5.11 Å². The quantitative estimate of drug-likeness (QED) is 0.438. The molecule has 0 saturated carbocycles. The minimum absolute atomic E-state index is 0.0124. The highest BCUT2D eigenvalue weighted by atomic mass is 16.5. The fourth-order valence-corrected chi connectivity index (χ4v) is 3.18. The van der Waals surface area contributed by atoms with Crippen molar-refractivity contribution in [3.05, 3.63) is 89.6 Å². The molecule has 0 saturated heterocycles. The number of benzene rings is 2. The van der Waals surface area contributed by atoms with Crippen molar-refractivity contribution in [2.75, 3.05) is 13.2 Å². The van der Waals surface area contributed by atoms with E-state index in [1.807, 2.05) is 59.2 Å². The van der Waals surface area contributed by atoms with Crippen molar-refractivity contribution in [1.82, 2.24) is 14.7 Å². The minimum Gasteiger partial charge on any atom is -0.491 e. The molecular formula is C25H23N3O4. The van der Waals surface area contributed by atoms with Crippen LogP contribution in [-0.4, -0.2) is 38.1 Å². The molecule has 4 aromatic rings. The normalized spacial score (nSPS) is 11.6. The van der Waals surface area contributed by atoms with Crippen LogP contribution < -0.4 is 4.74 Å². The lowest BCUT2D eigenvalue weighted by Gasteiger charge is -2.07. The number of imidazole rings is 1. The van der Waals surface area contributed by atoms with Crippen LogP contribution >= 0.6 is 0 Å². The maximum absolute atomic E-state index is 9.79. The average Bonchev–Trinajstić information content (AvgIpc) is 3.47. The van der Waals surface area contributed by atoms with Crippen LogP contribution in [0.5, 0.6) is 5.75 Å². The number of hydrogen-bond acceptors (Lipinski definition) is 6. The summed E-state index contributed by atoms with van der Waals surface area (Å²) in [5, 5.41) is 22.7. The van der Waals surface area contributed by atoms with E-state index in [4.69, 9.17) is 14.4 Å². The van der Waals surface area contributed by atoms with E-state index in [1.54, 1.807) is 19.3 Å². The Labute approximate surface area is 185 Å². The Hall–Kier alpha value is -3.86. The molecule has 162 valence electrons. The average molecular weight is 429 g/mol. The van der Waals surface area contributed by atoms with Crippen LogP contribution in [0.1, 0.15) is 35.7 Å². The molecule has 0 aliphatic rings. The summed E-state index contributed by atoms with van der Waals surface area (Å²) < 4.78 is 12.7. The highest BCUT2D eigenvalue weighted by Crippen LogP contribution is 2.22. The Kier molecular flexibility index (Phi) is 6.66. The lowest BCUT2D eigenvalue weighted by molar-refractivity contribution is 0.184. The second-order valence-corrected chi connectivity index (χ2v) is 7.20. The molecule has 7 heteroatoms. The third kappa shape index (κ3) is 5.24. The lowest BCUT2D eigenvalue weighted by Crippen LogP contribution is -2.07. The Morgan fingerprint density at radius 2 is 1.75 bits per heavy atom. The summed E-state index contributed by atoms with van der Waals surface area (Å²) in [6.07, 6.45) is 2.81. The van der Waals surface area contributed by atoms with Gasteiger partial charge in [0.2, 0.25) is 0 Å². The lowest BCUT2D eigenvalue weighted by atomic mass is 10.1. The van der Waals surface area contributed by atoms with E-state index in [-0.39, 0.29) is 13.2 Å². The smallest absolute Gasteiger partial charge is 0.167 e. The zero-order valence-corrected chi connectivity index (χ0v) is 17.6. The first kappa shape index (κ1) is 21.4. The van der Waals surface area contributed by atoms with Crippen LogP contribution in [0.2, 0.25) is 0 Å². The third-order valence-electron chi connectivity index (χ3n) is 4.75. The monoisotopic (exact) mass is 429 g/mol. The van der Waals surface area contributed by atoms with Gasteiger partial charge in [-0.2, -0.15) is 0 Å². The van der Waals surface area contributed by atoms with Crippen LogP contribution in [0.3, 0.4) is 0 Å². The first-order valence-corrected chi connectivity index (χ1v) is 10.2. The van der Waals surface area contributed by atoms with Gasteiger partial charge in [-0.15, -0.1) is 0 Å². The largest absolute Gasteiger partial charge is 0.491 e. The molecule has 1 unspecified atom stereocenters. The predicted octanol–water partition coefficient (Wildman–Crippen LogP) is 3.41. The zero-order chi connectivity index (χ0) is 22.3. The predicted molar refractivity (Wildman–Crippen MR) is 119 cm³/mol. The molecule has 0 amide bonds. The van der Waals surface area contributed by atoms with Gasteiger partial charge in [-0.1, -0.05) is 17.0 Å². The second-order valence-electron chi connectivity index (χ2n) is 7.20. The number of ether oxygens (including phenoxy) is 1. The fourth-order valence-electron chi connectivity index (χ4n) is 3.18. The highest BCUT2D eigenvalue weighted by Gasteiger charge is 2.12. The van der Waals surface area contributed by atoms with Crippen molar-refractivity contribution < 1.29 is 19.5 Å². The Morgan fingerprint density at radius 3 is 2.41 bits per heavy atom. The molecule has 0 aliphatic heterocycles. The topological polar surface area (TPSA) is 93.5 Å². The van der Waals surface area contributed by atoms with Gasteiger partial charge < -0.3 is 24.0 Å². The van der Waals surface area contributed by atoms with Crippen molar-refractivity contribution in [2.24, 2.45) is 0 Å².